The number of ether oxygens (including phenoxy) is 2. The van der Waals surface area contributed by atoms with E-state index in [0.29, 0.717) is 12.1 Å². The average Bonchev–Trinajstić information content (AvgIpc) is 2.66. The highest BCUT2D eigenvalue weighted by Crippen LogP contribution is 2.39. The first-order valence-corrected chi connectivity index (χ1v) is 8.10. The second-order valence-electron chi connectivity index (χ2n) is 5.86. The highest BCUT2D eigenvalue weighted by atomic mass is 19.4. The van der Waals surface area contributed by atoms with Crippen LogP contribution in [0.2, 0.25) is 0 Å². The molecule has 0 aliphatic heterocycles. The number of esters is 1. The molecule has 1 unspecified atom stereocenters. The standard InChI is InChI=1S/C17H14F3N3O7/c1-9(16(24)29-2)21-12-8-11(4-5-13(12)22(25)26)30-15-6-3-10(17(18,19)20)7-14(15)23(27)28/h3-9,21H,1-2H3. The lowest BCUT2D eigenvalue weighted by Crippen LogP contribution is -2.27. The molecular formula is C17H14F3N3O7. The molecule has 0 aliphatic rings. The predicted molar refractivity (Wildman–Crippen MR) is 96.4 cm³/mol. The number of nitro benzene ring substituents is 2. The third kappa shape index (κ3) is 5.12. The molecule has 2 aromatic rings. The molecule has 1 N–H and O–H groups in total. The maximum atomic E-state index is 12.8. The first-order valence-electron chi connectivity index (χ1n) is 8.10. The van der Waals surface area contributed by atoms with Crippen LogP contribution in [0.4, 0.5) is 30.2 Å². The van der Waals surface area contributed by atoms with Gasteiger partial charge in [-0.3, -0.25) is 20.2 Å². The Balaban J connectivity index is 2.43. The summed E-state index contributed by atoms with van der Waals surface area (Å²) in [6, 6.07) is 3.91. The summed E-state index contributed by atoms with van der Waals surface area (Å²) in [5, 5.41) is 24.9. The first kappa shape index (κ1) is 22.4. The van der Waals surface area contributed by atoms with Crippen LogP contribution in [0.15, 0.2) is 36.4 Å². The lowest BCUT2D eigenvalue weighted by Gasteiger charge is -2.14. The number of benzene rings is 2. The molecule has 10 nitrogen and oxygen atoms in total. The van der Waals surface area contributed by atoms with Crippen LogP contribution >= 0.6 is 0 Å². The van der Waals surface area contributed by atoms with Gasteiger partial charge in [0.05, 0.1) is 22.5 Å². The summed E-state index contributed by atoms with van der Waals surface area (Å²) >= 11 is 0. The SMILES string of the molecule is COC(=O)C(C)Nc1cc(Oc2ccc(C(F)(F)F)cc2[N+](=O)[O-])ccc1[N+](=O)[O-]. The topological polar surface area (TPSA) is 134 Å². The summed E-state index contributed by atoms with van der Waals surface area (Å²) in [4.78, 5) is 32.1. The number of carbonyl (C=O) groups excluding carboxylic acids is 1. The highest BCUT2D eigenvalue weighted by Gasteiger charge is 2.33. The van der Waals surface area contributed by atoms with Crippen molar-refractivity contribution in [2.75, 3.05) is 12.4 Å². The molecule has 0 bridgehead atoms. The lowest BCUT2D eigenvalue weighted by molar-refractivity contribution is -0.385. The predicted octanol–water partition coefficient (Wildman–Crippen LogP) is 4.29. The van der Waals surface area contributed by atoms with Gasteiger partial charge in [0.1, 0.15) is 17.5 Å². The van der Waals surface area contributed by atoms with Crippen molar-refractivity contribution in [3.05, 3.63) is 62.2 Å². The van der Waals surface area contributed by atoms with Crippen LogP contribution in [0.5, 0.6) is 11.5 Å². The van der Waals surface area contributed by atoms with Crippen molar-refractivity contribution in [3.8, 4) is 11.5 Å². The summed E-state index contributed by atoms with van der Waals surface area (Å²) < 4.78 is 48.2. The van der Waals surface area contributed by atoms with Crippen LogP contribution in [0, 0.1) is 20.2 Å². The molecule has 2 rings (SSSR count). The summed E-state index contributed by atoms with van der Waals surface area (Å²) in [7, 11) is 1.12. The maximum absolute atomic E-state index is 12.8. The fourth-order valence-corrected chi connectivity index (χ4v) is 2.37. The van der Waals surface area contributed by atoms with E-state index < -0.39 is 50.7 Å². The Morgan fingerprint density at radius 2 is 1.70 bits per heavy atom. The second kappa shape index (κ2) is 8.63. The van der Waals surface area contributed by atoms with Gasteiger partial charge in [0.25, 0.3) is 5.69 Å². The van der Waals surface area contributed by atoms with Gasteiger partial charge in [-0.2, -0.15) is 13.2 Å². The van der Waals surface area contributed by atoms with E-state index in [0.717, 1.165) is 31.4 Å². The number of carbonyl (C=O) groups is 1. The number of anilines is 1. The number of nitrogens with zero attached hydrogens (tertiary/aromatic N) is 2. The van der Waals surface area contributed by atoms with E-state index in [-0.39, 0.29) is 11.4 Å². The zero-order valence-corrected chi connectivity index (χ0v) is 15.4. The molecule has 0 heterocycles. The molecular weight excluding hydrogens is 415 g/mol. The normalized spacial score (nSPS) is 12.0. The largest absolute Gasteiger partial charge is 0.467 e. The minimum absolute atomic E-state index is 0.150. The molecule has 30 heavy (non-hydrogen) atoms. The third-order valence-corrected chi connectivity index (χ3v) is 3.80. The van der Waals surface area contributed by atoms with Crippen molar-refractivity contribution >= 4 is 23.0 Å². The fourth-order valence-electron chi connectivity index (χ4n) is 2.37. The van der Waals surface area contributed by atoms with Gasteiger partial charge in [0.15, 0.2) is 0 Å². The smallest absolute Gasteiger partial charge is 0.416 e. The summed E-state index contributed by atoms with van der Waals surface area (Å²) in [5.41, 5.74) is -2.77. The molecule has 0 amide bonds. The molecule has 0 radical (unpaired) electrons. The van der Waals surface area contributed by atoms with Crippen molar-refractivity contribution in [1.82, 2.24) is 0 Å². The number of methoxy groups -OCH3 is 1. The monoisotopic (exact) mass is 429 g/mol. The number of nitro groups is 2. The Kier molecular flexibility index (Phi) is 6.44. The summed E-state index contributed by atoms with van der Waals surface area (Å²) in [6.45, 7) is 1.38. The van der Waals surface area contributed by atoms with Crippen LogP contribution in [-0.4, -0.2) is 29.0 Å². The summed E-state index contributed by atoms with van der Waals surface area (Å²) in [6.07, 6.45) is -4.79. The molecule has 0 saturated carbocycles. The number of rotatable bonds is 7. The van der Waals surface area contributed by atoms with Crippen molar-refractivity contribution < 1.29 is 37.3 Å². The van der Waals surface area contributed by atoms with Crippen molar-refractivity contribution in [3.63, 3.8) is 0 Å². The van der Waals surface area contributed by atoms with Gasteiger partial charge in [0, 0.05) is 18.2 Å². The van der Waals surface area contributed by atoms with Gasteiger partial charge in [-0.05, 0) is 25.1 Å². The first-order chi connectivity index (χ1) is 13.9. The van der Waals surface area contributed by atoms with Crippen LogP contribution < -0.4 is 10.1 Å². The van der Waals surface area contributed by atoms with E-state index in [1.54, 1.807) is 0 Å². The molecule has 0 saturated heterocycles. The lowest BCUT2D eigenvalue weighted by atomic mass is 10.2. The van der Waals surface area contributed by atoms with Crippen LogP contribution in [0.25, 0.3) is 0 Å². The van der Waals surface area contributed by atoms with Gasteiger partial charge in [-0.25, -0.2) is 4.79 Å². The number of hydrogen-bond donors (Lipinski definition) is 1. The van der Waals surface area contributed by atoms with E-state index >= 15 is 0 Å². The Morgan fingerprint density at radius 1 is 1.07 bits per heavy atom. The van der Waals surface area contributed by atoms with Gasteiger partial charge in [0.2, 0.25) is 5.75 Å². The highest BCUT2D eigenvalue weighted by molar-refractivity contribution is 5.80. The van der Waals surface area contributed by atoms with Gasteiger partial charge in [-0.1, -0.05) is 0 Å². The zero-order chi connectivity index (χ0) is 22.6. The van der Waals surface area contributed by atoms with Gasteiger partial charge < -0.3 is 14.8 Å². The Bertz CT molecular complexity index is 995. The average molecular weight is 429 g/mol. The second-order valence-corrected chi connectivity index (χ2v) is 5.86. The quantitative estimate of drug-likeness (QED) is 0.391. The Morgan fingerprint density at radius 3 is 2.23 bits per heavy atom. The van der Waals surface area contributed by atoms with Crippen LogP contribution in [-0.2, 0) is 15.7 Å². The third-order valence-electron chi connectivity index (χ3n) is 3.80. The number of halogens is 3. The van der Waals surface area contributed by atoms with E-state index in [4.69, 9.17) is 4.74 Å². The number of hydrogen-bond acceptors (Lipinski definition) is 8. The van der Waals surface area contributed by atoms with Crippen LogP contribution in [0.3, 0.4) is 0 Å². The van der Waals surface area contributed by atoms with Crippen LogP contribution in [0.1, 0.15) is 12.5 Å². The van der Waals surface area contributed by atoms with Gasteiger partial charge in [-0.15, -0.1) is 0 Å². The molecule has 13 heteroatoms. The van der Waals surface area contributed by atoms with Gasteiger partial charge >= 0.3 is 17.8 Å². The Hall–Kier alpha value is -3.90. The Labute approximate surface area is 166 Å². The molecule has 0 aromatic heterocycles. The van der Waals surface area contributed by atoms with Crippen molar-refractivity contribution in [2.45, 2.75) is 19.1 Å². The molecule has 0 fully saturated rings. The van der Waals surface area contributed by atoms with E-state index in [1.165, 1.54) is 6.92 Å². The zero-order valence-electron chi connectivity index (χ0n) is 15.4. The molecule has 2 aromatic carbocycles. The van der Waals surface area contributed by atoms with E-state index in [9.17, 15) is 38.2 Å². The number of nitrogens with one attached hydrogen (secondary N) is 1. The minimum atomic E-state index is -4.79. The molecule has 0 spiro atoms. The van der Waals surface area contributed by atoms with Crippen molar-refractivity contribution in [2.24, 2.45) is 0 Å². The van der Waals surface area contributed by atoms with Crippen molar-refractivity contribution in [1.29, 1.82) is 0 Å². The summed E-state index contributed by atoms with van der Waals surface area (Å²) in [5.74, 6) is -1.37. The van der Waals surface area contributed by atoms with E-state index in [1.807, 2.05) is 0 Å². The molecule has 1 atom stereocenters. The van der Waals surface area contributed by atoms with E-state index in [2.05, 4.69) is 10.1 Å². The molecule has 160 valence electrons. The fraction of sp³-hybridized carbons (Fsp3) is 0.235. The number of alkyl halides is 3. The maximum Gasteiger partial charge on any atom is 0.416 e. The molecule has 0 aliphatic carbocycles. The minimum Gasteiger partial charge on any atom is -0.467 e.